The van der Waals surface area contributed by atoms with Crippen LogP contribution in [0.1, 0.15) is 22.3 Å². The topological polar surface area (TPSA) is 19.1 Å². The molecule has 12 rings (SSSR count). The van der Waals surface area contributed by atoms with E-state index in [1.54, 1.807) is 0 Å². The minimum absolute atomic E-state index is 0.501. The average molecular weight is 663 g/mol. The van der Waals surface area contributed by atoms with Gasteiger partial charge in [-0.05, 0) is 76.9 Å². The van der Waals surface area contributed by atoms with Crippen LogP contribution in [0.15, 0.2) is 182 Å². The largest absolute Gasteiger partial charge is 0.456 e. The third kappa shape index (κ3) is 3.40. The van der Waals surface area contributed by atoms with Crippen molar-refractivity contribution in [3.05, 3.63) is 204 Å². The average Bonchev–Trinajstić information content (AvgIpc) is 3.83. The Morgan fingerprint density at radius 1 is 0.346 bits per heavy atom. The zero-order valence-electron chi connectivity index (χ0n) is 28.1. The Morgan fingerprint density at radius 2 is 0.808 bits per heavy atom. The van der Waals surface area contributed by atoms with Crippen LogP contribution >= 0.6 is 0 Å². The molecule has 3 nitrogen and oxygen atoms in total. The summed E-state index contributed by atoms with van der Waals surface area (Å²) in [5, 5.41) is 4.84. The Kier molecular flexibility index (Phi) is 5.43. The minimum Gasteiger partial charge on any atom is -0.456 e. The molecule has 0 bridgehead atoms. The van der Waals surface area contributed by atoms with Crippen molar-refractivity contribution in [2.24, 2.45) is 0 Å². The SMILES string of the molecule is c1ccc2c(c1)Oc1c(ccc3c1c1ccccc1n3-c1ccc(-n3c4ccccc4c4ccccc43)cc1)C21c2ccccc2-c2ccccc21. The quantitative estimate of drug-likeness (QED) is 0.180. The van der Waals surface area contributed by atoms with Crippen LogP contribution in [0.3, 0.4) is 0 Å². The molecule has 1 aliphatic carbocycles. The molecule has 0 unspecified atom stereocenters. The van der Waals surface area contributed by atoms with Crippen LogP contribution in [-0.2, 0) is 5.41 Å². The molecule has 2 aliphatic rings. The molecule has 0 saturated carbocycles. The number of benzene rings is 8. The maximum absolute atomic E-state index is 7.10. The number of para-hydroxylation sites is 4. The van der Waals surface area contributed by atoms with E-state index in [0.717, 1.165) is 39.3 Å². The summed E-state index contributed by atoms with van der Waals surface area (Å²) in [4.78, 5) is 0. The standard InChI is InChI=1S/C49H30N2O/c1-6-18-38-33(13-1)34-14-2-7-19-39(34)49(38)40-20-8-12-24-46(40)52-48-41(49)29-30-45-47(48)37-17-5-11-23-44(37)51(45)32-27-25-31(26-28-32)50-42-21-9-3-15-35(42)36-16-4-10-22-43(36)50/h1-30H. The van der Waals surface area contributed by atoms with Crippen molar-refractivity contribution in [1.82, 2.24) is 9.13 Å². The fourth-order valence-electron chi connectivity index (χ4n) is 9.60. The zero-order chi connectivity index (χ0) is 34.0. The van der Waals surface area contributed by atoms with E-state index < -0.39 is 5.41 Å². The normalized spacial score (nSPS) is 13.7. The summed E-state index contributed by atoms with van der Waals surface area (Å²) in [7, 11) is 0. The van der Waals surface area contributed by atoms with Gasteiger partial charge in [-0.15, -0.1) is 0 Å². The predicted octanol–water partition coefficient (Wildman–Crippen LogP) is 12.3. The summed E-state index contributed by atoms with van der Waals surface area (Å²) in [5.74, 6) is 1.83. The summed E-state index contributed by atoms with van der Waals surface area (Å²) in [6.45, 7) is 0. The zero-order valence-corrected chi connectivity index (χ0v) is 28.1. The van der Waals surface area contributed by atoms with Gasteiger partial charge in [-0.3, -0.25) is 0 Å². The lowest BCUT2D eigenvalue weighted by Crippen LogP contribution is -2.32. The lowest BCUT2D eigenvalue weighted by molar-refractivity contribution is 0.442. The van der Waals surface area contributed by atoms with Gasteiger partial charge in [0.1, 0.15) is 11.5 Å². The van der Waals surface area contributed by atoms with E-state index >= 15 is 0 Å². The van der Waals surface area contributed by atoms with Gasteiger partial charge in [-0.2, -0.15) is 0 Å². The van der Waals surface area contributed by atoms with Gasteiger partial charge >= 0.3 is 0 Å². The molecule has 0 atom stereocenters. The van der Waals surface area contributed by atoms with E-state index in [1.165, 1.54) is 60.6 Å². The fourth-order valence-corrected chi connectivity index (χ4v) is 9.60. The first kappa shape index (κ1) is 27.9. The highest BCUT2D eigenvalue weighted by molar-refractivity contribution is 6.14. The molecule has 2 aromatic heterocycles. The Hall–Kier alpha value is -6.84. The Balaban J connectivity index is 1.12. The number of aromatic nitrogens is 2. The maximum atomic E-state index is 7.10. The smallest absolute Gasteiger partial charge is 0.142 e. The van der Waals surface area contributed by atoms with Gasteiger partial charge in [-0.25, -0.2) is 0 Å². The van der Waals surface area contributed by atoms with Crippen molar-refractivity contribution in [2.45, 2.75) is 5.41 Å². The van der Waals surface area contributed by atoms with Gasteiger partial charge in [-0.1, -0.05) is 127 Å². The molecule has 1 spiro atoms. The van der Waals surface area contributed by atoms with Crippen molar-refractivity contribution >= 4 is 43.6 Å². The second-order valence-corrected chi connectivity index (χ2v) is 14.0. The van der Waals surface area contributed by atoms with Crippen LogP contribution in [0.2, 0.25) is 0 Å². The van der Waals surface area contributed by atoms with Gasteiger partial charge in [0.2, 0.25) is 0 Å². The number of nitrogens with zero attached hydrogens (tertiary/aromatic N) is 2. The van der Waals surface area contributed by atoms with Crippen LogP contribution < -0.4 is 4.74 Å². The summed E-state index contributed by atoms with van der Waals surface area (Å²) in [6.07, 6.45) is 0. The molecular weight excluding hydrogens is 633 g/mol. The molecule has 0 saturated heterocycles. The van der Waals surface area contributed by atoms with E-state index in [9.17, 15) is 0 Å². The van der Waals surface area contributed by atoms with Gasteiger partial charge in [0.05, 0.1) is 32.9 Å². The molecule has 0 fully saturated rings. The van der Waals surface area contributed by atoms with E-state index in [1.807, 2.05) is 0 Å². The summed E-state index contributed by atoms with van der Waals surface area (Å²) in [5.41, 5.74) is 14.0. The molecule has 3 heterocycles. The second kappa shape index (κ2) is 10.1. The third-order valence-corrected chi connectivity index (χ3v) is 11.6. The van der Waals surface area contributed by atoms with Crippen molar-refractivity contribution in [3.8, 4) is 34.0 Å². The first-order chi connectivity index (χ1) is 25.8. The van der Waals surface area contributed by atoms with Gasteiger partial charge < -0.3 is 13.9 Å². The van der Waals surface area contributed by atoms with Crippen molar-refractivity contribution in [1.29, 1.82) is 0 Å². The molecule has 1 aliphatic heterocycles. The molecule has 52 heavy (non-hydrogen) atoms. The summed E-state index contributed by atoms with van der Waals surface area (Å²) >= 11 is 0. The van der Waals surface area contributed by atoms with E-state index in [0.29, 0.717) is 0 Å². The molecule has 10 aromatic rings. The summed E-state index contributed by atoms with van der Waals surface area (Å²) < 4.78 is 11.9. The van der Waals surface area contributed by atoms with Crippen LogP contribution in [0.5, 0.6) is 11.5 Å². The molecule has 242 valence electrons. The Bertz CT molecular complexity index is 3010. The first-order valence-corrected chi connectivity index (χ1v) is 17.9. The Morgan fingerprint density at radius 3 is 1.42 bits per heavy atom. The number of hydrogen-bond donors (Lipinski definition) is 0. The number of rotatable bonds is 2. The van der Waals surface area contributed by atoms with E-state index in [4.69, 9.17) is 4.74 Å². The molecule has 0 amide bonds. The van der Waals surface area contributed by atoms with Crippen LogP contribution in [0.25, 0.3) is 66.1 Å². The molecule has 0 N–H and O–H groups in total. The second-order valence-electron chi connectivity index (χ2n) is 14.0. The number of fused-ring (bicyclic) bond motifs is 16. The van der Waals surface area contributed by atoms with Crippen LogP contribution in [-0.4, -0.2) is 9.13 Å². The van der Waals surface area contributed by atoms with E-state index in [2.05, 4.69) is 191 Å². The molecule has 0 radical (unpaired) electrons. The van der Waals surface area contributed by atoms with E-state index in [-0.39, 0.29) is 0 Å². The lowest BCUT2D eigenvalue weighted by Gasteiger charge is -2.39. The highest BCUT2D eigenvalue weighted by atomic mass is 16.5. The maximum Gasteiger partial charge on any atom is 0.142 e. The van der Waals surface area contributed by atoms with Crippen molar-refractivity contribution in [2.75, 3.05) is 0 Å². The highest BCUT2D eigenvalue weighted by Crippen LogP contribution is 2.63. The van der Waals surface area contributed by atoms with Crippen molar-refractivity contribution < 1.29 is 4.74 Å². The van der Waals surface area contributed by atoms with Crippen LogP contribution in [0, 0.1) is 0 Å². The van der Waals surface area contributed by atoms with Crippen LogP contribution in [0.4, 0.5) is 0 Å². The van der Waals surface area contributed by atoms with Gasteiger partial charge in [0.25, 0.3) is 0 Å². The van der Waals surface area contributed by atoms with Gasteiger partial charge in [0, 0.05) is 38.7 Å². The highest BCUT2D eigenvalue weighted by Gasteiger charge is 2.51. The first-order valence-electron chi connectivity index (χ1n) is 17.9. The molecular formula is C49H30N2O. The monoisotopic (exact) mass is 662 g/mol. The lowest BCUT2D eigenvalue weighted by atomic mass is 9.66. The Labute approximate surface area is 300 Å². The number of ether oxygens (including phenoxy) is 1. The molecule has 8 aromatic carbocycles. The van der Waals surface area contributed by atoms with Crippen molar-refractivity contribution in [3.63, 3.8) is 0 Å². The number of hydrogen-bond acceptors (Lipinski definition) is 1. The summed E-state index contributed by atoms with van der Waals surface area (Å²) in [6, 6.07) is 66.2. The fraction of sp³-hybridized carbons (Fsp3) is 0.0204. The van der Waals surface area contributed by atoms with Gasteiger partial charge in [0.15, 0.2) is 0 Å². The predicted molar refractivity (Wildman–Crippen MR) is 212 cm³/mol. The molecule has 3 heteroatoms. The third-order valence-electron chi connectivity index (χ3n) is 11.6. The minimum atomic E-state index is -0.501.